The number of aldehydes is 1. The highest BCUT2D eigenvalue weighted by molar-refractivity contribution is 9.10. The zero-order valence-corrected chi connectivity index (χ0v) is 13.0. The number of carbonyl (C=O) groups is 1. The lowest BCUT2D eigenvalue weighted by molar-refractivity contribution is -0.137. The fraction of sp³-hybridized carbons (Fsp3) is 0.200. The van der Waals surface area contributed by atoms with Crippen LogP contribution in [0.25, 0.3) is 0 Å². The number of rotatable bonds is 4. The van der Waals surface area contributed by atoms with Crippen LogP contribution in [0, 0.1) is 6.92 Å². The van der Waals surface area contributed by atoms with Gasteiger partial charge in [0.1, 0.15) is 18.1 Å². The number of hydrogen-bond acceptors (Lipinski definition) is 3. The van der Waals surface area contributed by atoms with Crippen LogP contribution in [-0.4, -0.2) is 11.3 Å². The number of benzene rings is 1. The van der Waals surface area contributed by atoms with Gasteiger partial charge in [-0.1, -0.05) is 11.6 Å². The lowest BCUT2D eigenvalue weighted by Crippen LogP contribution is -2.07. The van der Waals surface area contributed by atoms with Crippen LogP contribution in [0.1, 0.15) is 27.2 Å². The fourth-order valence-electron chi connectivity index (χ4n) is 1.91. The maximum Gasteiger partial charge on any atom is 0.416 e. The first-order chi connectivity index (χ1) is 10.3. The molecule has 0 saturated carbocycles. The van der Waals surface area contributed by atoms with E-state index in [0.717, 1.165) is 12.1 Å². The molecule has 116 valence electrons. The summed E-state index contributed by atoms with van der Waals surface area (Å²) in [5, 5.41) is 0. The molecule has 0 unspecified atom stereocenters. The molecule has 0 atom stereocenters. The highest BCUT2D eigenvalue weighted by Crippen LogP contribution is 2.31. The molecule has 3 nitrogen and oxygen atoms in total. The molecule has 0 aliphatic heterocycles. The number of aryl methyl sites for hydroxylation is 1. The zero-order valence-electron chi connectivity index (χ0n) is 11.4. The Bertz CT molecular complexity index is 702. The average Bonchev–Trinajstić information content (AvgIpc) is 2.44. The van der Waals surface area contributed by atoms with Gasteiger partial charge in [-0.15, -0.1) is 0 Å². The Kier molecular flexibility index (Phi) is 4.85. The Labute approximate surface area is 133 Å². The van der Waals surface area contributed by atoms with Gasteiger partial charge in [-0.25, -0.2) is 4.98 Å². The van der Waals surface area contributed by atoms with Crippen molar-refractivity contribution in [1.29, 1.82) is 0 Å². The van der Waals surface area contributed by atoms with E-state index < -0.39 is 11.7 Å². The van der Waals surface area contributed by atoms with Crippen LogP contribution >= 0.6 is 15.9 Å². The molecule has 22 heavy (non-hydrogen) atoms. The standard InChI is InChI=1S/C15H11BrF3NO2/c1-9-2-10(4-11(3-9)15(17,18)19)8-22-14-5-12(16)6-20-13(14)7-21/h2-7H,8H2,1H3. The van der Waals surface area contributed by atoms with E-state index in [2.05, 4.69) is 20.9 Å². The molecular weight excluding hydrogens is 363 g/mol. The lowest BCUT2D eigenvalue weighted by atomic mass is 10.1. The third-order valence-corrected chi connectivity index (χ3v) is 3.25. The van der Waals surface area contributed by atoms with E-state index >= 15 is 0 Å². The largest absolute Gasteiger partial charge is 0.486 e. The fourth-order valence-corrected chi connectivity index (χ4v) is 2.22. The normalized spacial score (nSPS) is 11.3. The molecule has 0 bridgehead atoms. The molecule has 0 amide bonds. The van der Waals surface area contributed by atoms with Gasteiger partial charge in [0.05, 0.1) is 5.56 Å². The molecule has 0 N–H and O–H groups in total. The van der Waals surface area contributed by atoms with Crippen molar-refractivity contribution < 1.29 is 22.7 Å². The minimum absolute atomic E-state index is 0.0897. The van der Waals surface area contributed by atoms with Crippen LogP contribution in [0.4, 0.5) is 13.2 Å². The van der Waals surface area contributed by atoms with Crippen molar-refractivity contribution in [1.82, 2.24) is 4.98 Å². The number of ether oxygens (including phenoxy) is 1. The van der Waals surface area contributed by atoms with Crippen molar-refractivity contribution >= 4 is 22.2 Å². The van der Waals surface area contributed by atoms with Gasteiger partial charge in [0, 0.05) is 10.7 Å². The van der Waals surface area contributed by atoms with Gasteiger partial charge in [-0.05, 0) is 46.6 Å². The Balaban J connectivity index is 2.24. The van der Waals surface area contributed by atoms with E-state index in [1.54, 1.807) is 13.0 Å². The smallest absolute Gasteiger partial charge is 0.416 e. The van der Waals surface area contributed by atoms with Crippen molar-refractivity contribution in [3.8, 4) is 5.75 Å². The molecule has 0 fully saturated rings. The van der Waals surface area contributed by atoms with Gasteiger partial charge in [0.15, 0.2) is 6.29 Å². The van der Waals surface area contributed by atoms with E-state index in [1.807, 2.05) is 0 Å². The molecule has 0 radical (unpaired) electrons. The Morgan fingerprint density at radius 1 is 1.27 bits per heavy atom. The Hall–Kier alpha value is -1.89. The molecule has 1 heterocycles. The van der Waals surface area contributed by atoms with Gasteiger partial charge in [0.2, 0.25) is 0 Å². The van der Waals surface area contributed by atoms with Crippen LogP contribution in [0.3, 0.4) is 0 Å². The van der Waals surface area contributed by atoms with E-state index in [9.17, 15) is 18.0 Å². The molecule has 0 spiro atoms. The maximum atomic E-state index is 12.8. The predicted octanol–water partition coefficient (Wildman–Crippen LogP) is 4.56. The van der Waals surface area contributed by atoms with E-state index in [-0.39, 0.29) is 18.1 Å². The summed E-state index contributed by atoms with van der Waals surface area (Å²) in [6.45, 7) is 1.49. The van der Waals surface area contributed by atoms with Crippen LogP contribution in [0.2, 0.25) is 0 Å². The van der Waals surface area contributed by atoms with Crippen LogP contribution in [-0.2, 0) is 12.8 Å². The summed E-state index contributed by atoms with van der Waals surface area (Å²) >= 11 is 3.19. The van der Waals surface area contributed by atoms with Crippen molar-refractivity contribution in [2.45, 2.75) is 19.7 Å². The van der Waals surface area contributed by atoms with Crippen molar-refractivity contribution in [2.75, 3.05) is 0 Å². The summed E-state index contributed by atoms with van der Waals surface area (Å²) in [6.07, 6.45) is -2.45. The summed E-state index contributed by atoms with van der Waals surface area (Å²) in [6, 6.07) is 5.23. The summed E-state index contributed by atoms with van der Waals surface area (Å²) in [7, 11) is 0. The zero-order chi connectivity index (χ0) is 16.3. The van der Waals surface area contributed by atoms with Gasteiger partial charge in [-0.2, -0.15) is 13.2 Å². The first kappa shape index (κ1) is 16.5. The monoisotopic (exact) mass is 373 g/mol. The minimum Gasteiger partial charge on any atom is -0.486 e. The number of hydrogen-bond donors (Lipinski definition) is 0. The van der Waals surface area contributed by atoms with E-state index in [1.165, 1.54) is 12.3 Å². The number of pyridine rings is 1. The molecule has 2 aromatic rings. The third-order valence-electron chi connectivity index (χ3n) is 2.82. The average molecular weight is 374 g/mol. The van der Waals surface area contributed by atoms with Crippen molar-refractivity contribution in [2.24, 2.45) is 0 Å². The predicted molar refractivity (Wildman–Crippen MR) is 77.8 cm³/mol. The van der Waals surface area contributed by atoms with Crippen LogP contribution < -0.4 is 4.74 Å². The SMILES string of the molecule is Cc1cc(COc2cc(Br)cnc2C=O)cc(C(F)(F)F)c1. The highest BCUT2D eigenvalue weighted by Gasteiger charge is 2.30. The number of carbonyl (C=O) groups excluding carboxylic acids is 1. The highest BCUT2D eigenvalue weighted by atomic mass is 79.9. The first-order valence-electron chi connectivity index (χ1n) is 6.21. The molecule has 1 aromatic carbocycles. The van der Waals surface area contributed by atoms with E-state index in [4.69, 9.17) is 4.74 Å². The molecule has 0 saturated heterocycles. The molecule has 0 aliphatic carbocycles. The van der Waals surface area contributed by atoms with Gasteiger partial charge >= 0.3 is 6.18 Å². The number of halogens is 4. The lowest BCUT2D eigenvalue weighted by Gasteiger charge is -2.12. The Morgan fingerprint density at radius 3 is 2.64 bits per heavy atom. The number of nitrogens with zero attached hydrogens (tertiary/aromatic N) is 1. The van der Waals surface area contributed by atoms with Gasteiger partial charge < -0.3 is 4.74 Å². The molecule has 0 aliphatic rings. The van der Waals surface area contributed by atoms with Crippen LogP contribution in [0.5, 0.6) is 5.75 Å². The number of alkyl halides is 3. The second kappa shape index (κ2) is 6.48. The first-order valence-corrected chi connectivity index (χ1v) is 7.00. The number of aromatic nitrogens is 1. The molecule has 2 rings (SSSR count). The van der Waals surface area contributed by atoms with Crippen molar-refractivity contribution in [3.05, 3.63) is 57.3 Å². The topological polar surface area (TPSA) is 39.2 Å². The minimum atomic E-state index is -4.41. The summed E-state index contributed by atoms with van der Waals surface area (Å²) in [4.78, 5) is 14.7. The van der Waals surface area contributed by atoms with Gasteiger partial charge in [0.25, 0.3) is 0 Å². The van der Waals surface area contributed by atoms with Gasteiger partial charge in [-0.3, -0.25) is 4.79 Å². The molecular formula is C15H11BrF3NO2. The van der Waals surface area contributed by atoms with Crippen LogP contribution in [0.15, 0.2) is 34.9 Å². The molecule has 7 heteroatoms. The maximum absolute atomic E-state index is 12.8. The summed E-state index contributed by atoms with van der Waals surface area (Å²) < 4.78 is 44.4. The summed E-state index contributed by atoms with van der Waals surface area (Å²) in [5.74, 6) is 0.208. The van der Waals surface area contributed by atoms with E-state index in [0.29, 0.717) is 21.9 Å². The quantitative estimate of drug-likeness (QED) is 0.737. The van der Waals surface area contributed by atoms with Crippen molar-refractivity contribution in [3.63, 3.8) is 0 Å². The second-order valence-electron chi connectivity index (χ2n) is 4.65. The summed E-state index contributed by atoms with van der Waals surface area (Å²) in [5.41, 5.74) is 0.210. The second-order valence-corrected chi connectivity index (χ2v) is 5.56. The Morgan fingerprint density at radius 2 is 2.00 bits per heavy atom. The molecule has 1 aromatic heterocycles. The third kappa shape index (κ3) is 4.07.